The quantitative estimate of drug-likeness (QED) is 0.788. The maximum atomic E-state index is 13.8. The van der Waals surface area contributed by atoms with Crippen LogP contribution in [0.25, 0.3) is 0 Å². The Morgan fingerprint density at radius 3 is 2.76 bits per heavy atom. The van der Waals surface area contributed by atoms with Crippen molar-refractivity contribution in [2.45, 2.75) is 19.6 Å². The molecule has 5 heteroatoms. The third kappa shape index (κ3) is 3.96. The van der Waals surface area contributed by atoms with Crippen molar-refractivity contribution in [1.82, 2.24) is 5.32 Å². The molecule has 2 aromatic rings. The van der Waals surface area contributed by atoms with E-state index < -0.39 is 0 Å². The third-order valence-corrected chi connectivity index (χ3v) is 4.16. The van der Waals surface area contributed by atoms with Crippen LogP contribution in [0, 0.1) is 5.82 Å². The molecule has 1 unspecified atom stereocenters. The summed E-state index contributed by atoms with van der Waals surface area (Å²) >= 11 is 9.44. The van der Waals surface area contributed by atoms with Crippen LogP contribution in [-0.2, 0) is 6.61 Å². The van der Waals surface area contributed by atoms with E-state index in [-0.39, 0.29) is 18.5 Å². The van der Waals surface area contributed by atoms with Crippen molar-refractivity contribution < 1.29 is 9.13 Å². The van der Waals surface area contributed by atoms with Gasteiger partial charge in [-0.1, -0.05) is 39.7 Å². The first-order valence-corrected chi connectivity index (χ1v) is 7.72. The molecular weight excluding hydrogens is 357 g/mol. The van der Waals surface area contributed by atoms with Crippen molar-refractivity contribution in [3.05, 3.63) is 62.8 Å². The van der Waals surface area contributed by atoms with Gasteiger partial charge in [0.15, 0.2) is 0 Å². The minimum atomic E-state index is -0.360. The summed E-state index contributed by atoms with van der Waals surface area (Å²) in [5, 5.41) is 3.54. The predicted molar refractivity (Wildman–Crippen MR) is 87.4 cm³/mol. The zero-order chi connectivity index (χ0) is 15.4. The van der Waals surface area contributed by atoms with Gasteiger partial charge in [0.2, 0.25) is 0 Å². The molecular formula is C16H16BrClFNO. The van der Waals surface area contributed by atoms with Gasteiger partial charge in [-0.2, -0.15) is 0 Å². The molecule has 0 fully saturated rings. The minimum absolute atomic E-state index is 0.0887. The lowest BCUT2D eigenvalue weighted by molar-refractivity contribution is 0.294. The Balaban J connectivity index is 2.25. The SMILES string of the molecule is CNC(C)c1ccc(Br)cc1OCc1c(F)cccc1Cl. The molecule has 0 spiro atoms. The molecule has 0 amide bonds. The highest BCUT2D eigenvalue weighted by Gasteiger charge is 2.13. The molecule has 0 saturated heterocycles. The van der Waals surface area contributed by atoms with E-state index >= 15 is 0 Å². The van der Waals surface area contributed by atoms with E-state index in [2.05, 4.69) is 21.2 Å². The van der Waals surface area contributed by atoms with Gasteiger partial charge >= 0.3 is 0 Å². The van der Waals surface area contributed by atoms with Crippen LogP contribution in [0.5, 0.6) is 5.75 Å². The van der Waals surface area contributed by atoms with Crippen LogP contribution >= 0.6 is 27.5 Å². The molecule has 0 saturated carbocycles. The fraction of sp³-hybridized carbons (Fsp3) is 0.250. The Morgan fingerprint density at radius 2 is 2.10 bits per heavy atom. The van der Waals surface area contributed by atoms with Gasteiger partial charge < -0.3 is 10.1 Å². The maximum Gasteiger partial charge on any atom is 0.131 e. The van der Waals surface area contributed by atoms with Crippen LogP contribution < -0.4 is 10.1 Å². The van der Waals surface area contributed by atoms with Gasteiger partial charge in [-0.3, -0.25) is 0 Å². The van der Waals surface area contributed by atoms with Crippen LogP contribution in [0.15, 0.2) is 40.9 Å². The van der Waals surface area contributed by atoms with Gasteiger partial charge in [0.1, 0.15) is 18.2 Å². The molecule has 0 aliphatic heterocycles. The molecule has 112 valence electrons. The van der Waals surface area contributed by atoms with Crippen LogP contribution in [0.3, 0.4) is 0 Å². The minimum Gasteiger partial charge on any atom is -0.488 e. The van der Waals surface area contributed by atoms with Crippen molar-refractivity contribution >= 4 is 27.5 Å². The first-order valence-electron chi connectivity index (χ1n) is 6.55. The van der Waals surface area contributed by atoms with Crippen molar-refractivity contribution in [3.63, 3.8) is 0 Å². The van der Waals surface area contributed by atoms with Gasteiger partial charge in [-0.05, 0) is 38.2 Å². The molecule has 0 aliphatic rings. The zero-order valence-corrected chi connectivity index (χ0v) is 14.1. The number of ether oxygens (including phenoxy) is 1. The standard InChI is InChI=1S/C16H16BrClFNO/c1-10(20-2)12-7-6-11(17)8-16(12)21-9-13-14(18)4-3-5-15(13)19/h3-8,10,20H,9H2,1-2H3. The lowest BCUT2D eigenvalue weighted by Crippen LogP contribution is -2.14. The summed E-state index contributed by atoms with van der Waals surface area (Å²) in [6.45, 7) is 2.12. The number of benzene rings is 2. The fourth-order valence-electron chi connectivity index (χ4n) is 1.97. The highest BCUT2D eigenvalue weighted by molar-refractivity contribution is 9.10. The van der Waals surface area contributed by atoms with Crippen molar-refractivity contribution in [1.29, 1.82) is 0 Å². The summed E-state index contributed by atoms with van der Waals surface area (Å²) in [5.74, 6) is 0.339. The van der Waals surface area contributed by atoms with Gasteiger partial charge in [0.05, 0.1) is 5.02 Å². The summed E-state index contributed by atoms with van der Waals surface area (Å²) in [4.78, 5) is 0. The average molecular weight is 373 g/mol. The molecule has 0 bridgehead atoms. The van der Waals surface area contributed by atoms with E-state index in [1.54, 1.807) is 12.1 Å². The first kappa shape index (κ1) is 16.3. The maximum absolute atomic E-state index is 13.8. The molecule has 0 aromatic heterocycles. The lowest BCUT2D eigenvalue weighted by Gasteiger charge is -2.17. The smallest absolute Gasteiger partial charge is 0.131 e. The highest BCUT2D eigenvalue weighted by Crippen LogP contribution is 2.30. The van der Waals surface area contributed by atoms with Crippen LogP contribution in [0.2, 0.25) is 5.02 Å². The number of rotatable bonds is 5. The summed E-state index contributed by atoms with van der Waals surface area (Å²) < 4.78 is 20.5. The summed E-state index contributed by atoms with van der Waals surface area (Å²) in [6, 6.07) is 10.5. The Labute approximate surface area is 137 Å². The molecule has 0 aliphatic carbocycles. The number of hydrogen-bond acceptors (Lipinski definition) is 2. The van der Waals surface area contributed by atoms with E-state index in [0.717, 1.165) is 10.0 Å². The predicted octanol–water partition coefficient (Wildman–Crippen LogP) is 5.10. The molecule has 0 heterocycles. The number of hydrogen-bond donors (Lipinski definition) is 1. The number of nitrogens with one attached hydrogen (secondary N) is 1. The molecule has 2 rings (SSSR count). The van der Waals surface area contributed by atoms with Crippen LogP contribution in [0.1, 0.15) is 24.1 Å². The summed E-state index contributed by atoms with van der Waals surface area (Å²) in [5.41, 5.74) is 1.37. The summed E-state index contributed by atoms with van der Waals surface area (Å²) in [6.07, 6.45) is 0. The second-order valence-corrected chi connectivity index (χ2v) is 6.00. The van der Waals surface area contributed by atoms with Crippen molar-refractivity contribution in [2.75, 3.05) is 7.05 Å². The largest absolute Gasteiger partial charge is 0.488 e. The second-order valence-electron chi connectivity index (χ2n) is 4.68. The second kappa shape index (κ2) is 7.25. The molecule has 0 radical (unpaired) electrons. The van der Waals surface area contributed by atoms with Gasteiger partial charge in [0.25, 0.3) is 0 Å². The van der Waals surface area contributed by atoms with Crippen molar-refractivity contribution in [2.24, 2.45) is 0 Å². The van der Waals surface area contributed by atoms with Gasteiger partial charge in [-0.15, -0.1) is 0 Å². The van der Waals surface area contributed by atoms with Gasteiger partial charge in [-0.25, -0.2) is 4.39 Å². The molecule has 1 N–H and O–H groups in total. The molecule has 1 atom stereocenters. The normalized spacial score (nSPS) is 12.2. The number of halogens is 3. The highest BCUT2D eigenvalue weighted by atomic mass is 79.9. The van der Waals surface area contributed by atoms with Gasteiger partial charge in [0, 0.05) is 21.6 Å². The average Bonchev–Trinajstić information content (AvgIpc) is 2.46. The zero-order valence-electron chi connectivity index (χ0n) is 11.8. The molecule has 21 heavy (non-hydrogen) atoms. The van der Waals surface area contributed by atoms with E-state index in [0.29, 0.717) is 16.3 Å². The Bertz CT molecular complexity index is 615. The lowest BCUT2D eigenvalue weighted by atomic mass is 10.1. The van der Waals surface area contributed by atoms with E-state index in [4.69, 9.17) is 16.3 Å². The van der Waals surface area contributed by atoms with E-state index in [1.165, 1.54) is 6.07 Å². The van der Waals surface area contributed by atoms with E-state index in [1.807, 2.05) is 32.2 Å². The first-order chi connectivity index (χ1) is 10.0. The molecule has 2 aromatic carbocycles. The van der Waals surface area contributed by atoms with Crippen molar-refractivity contribution in [3.8, 4) is 5.75 Å². The molecule has 2 nitrogen and oxygen atoms in total. The monoisotopic (exact) mass is 371 g/mol. The third-order valence-electron chi connectivity index (χ3n) is 3.31. The van der Waals surface area contributed by atoms with Crippen LogP contribution in [-0.4, -0.2) is 7.05 Å². The Morgan fingerprint density at radius 1 is 1.33 bits per heavy atom. The fourth-order valence-corrected chi connectivity index (χ4v) is 2.52. The topological polar surface area (TPSA) is 21.3 Å². The Hall–Kier alpha value is -1.10. The van der Waals surface area contributed by atoms with E-state index in [9.17, 15) is 4.39 Å². The van der Waals surface area contributed by atoms with Crippen LogP contribution in [0.4, 0.5) is 4.39 Å². The Kier molecular flexibility index (Phi) is 5.62. The summed E-state index contributed by atoms with van der Waals surface area (Å²) in [7, 11) is 1.88.